The summed E-state index contributed by atoms with van der Waals surface area (Å²) in [6.45, 7) is 25.8. The fourth-order valence-electron chi connectivity index (χ4n) is 5.60. The number of unbranched alkanes of at least 4 members (excludes halogenated alkanes) is 8. The van der Waals surface area contributed by atoms with Crippen molar-refractivity contribution in [1.82, 2.24) is 0 Å². The Bertz CT molecular complexity index is 633. The maximum atomic E-state index is 13.2. The first kappa shape index (κ1) is 33.9. The molecular weight excluding hydrogens is 477 g/mol. The molecule has 0 saturated carbocycles. The summed E-state index contributed by atoms with van der Waals surface area (Å²) < 4.78 is 13.0. The lowest BCUT2D eigenvalue weighted by atomic mass is 9.85. The summed E-state index contributed by atoms with van der Waals surface area (Å²) in [5.74, 6) is 0.902. The topological polar surface area (TPSA) is 35.5 Å². The molecule has 0 radical (unpaired) electrons. The molecule has 0 unspecified atom stereocenters. The quantitative estimate of drug-likeness (QED) is 0.0928. The van der Waals surface area contributed by atoms with E-state index in [-0.39, 0.29) is 28.3 Å². The molecule has 0 amide bonds. The summed E-state index contributed by atoms with van der Waals surface area (Å²) in [4.78, 5) is 13.2. The van der Waals surface area contributed by atoms with Crippen LogP contribution >= 0.6 is 0 Å². The maximum Gasteiger partial charge on any atom is 0.313 e. The zero-order chi connectivity index (χ0) is 27.6. The minimum Gasteiger partial charge on any atom is -0.461 e. The van der Waals surface area contributed by atoms with Crippen molar-refractivity contribution in [2.75, 3.05) is 0 Å². The molecule has 3 nitrogen and oxygen atoms in total. The summed E-state index contributed by atoms with van der Waals surface area (Å²) in [6.07, 6.45) is 17.4. The molecule has 0 N–H and O–H groups in total. The van der Waals surface area contributed by atoms with E-state index < -0.39 is 16.4 Å². The highest BCUT2D eigenvalue weighted by atomic mass is 28.4. The second-order valence-electron chi connectivity index (χ2n) is 14.8. The third-order valence-corrected chi connectivity index (χ3v) is 17.2. The fraction of sp³-hybridized carbons (Fsp3) is 0.968. The number of carbonyl (C=O) groups is 1. The van der Waals surface area contributed by atoms with Crippen LogP contribution in [-0.4, -0.2) is 34.6 Å². The molecule has 0 aliphatic carbocycles. The second kappa shape index (κ2) is 14.9. The van der Waals surface area contributed by atoms with E-state index in [1.807, 2.05) is 0 Å². The zero-order valence-corrected chi connectivity index (χ0v) is 28.4. The molecule has 0 aromatic rings. The highest BCUT2D eigenvalue weighted by molar-refractivity contribution is 6.83. The third kappa shape index (κ3) is 9.87. The molecule has 1 aliphatic rings. The molecule has 214 valence electrons. The Morgan fingerprint density at radius 2 is 1.39 bits per heavy atom. The van der Waals surface area contributed by atoms with Crippen molar-refractivity contribution in [3.05, 3.63) is 0 Å². The highest BCUT2D eigenvalue weighted by Crippen LogP contribution is 2.57. The van der Waals surface area contributed by atoms with Gasteiger partial charge in [0.25, 0.3) is 0 Å². The molecule has 0 bridgehead atoms. The van der Waals surface area contributed by atoms with Crippen LogP contribution < -0.4 is 0 Å². The Kier molecular flexibility index (Phi) is 14.0. The van der Waals surface area contributed by atoms with Crippen molar-refractivity contribution < 1.29 is 14.0 Å². The molecule has 1 aliphatic heterocycles. The van der Waals surface area contributed by atoms with Gasteiger partial charge >= 0.3 is 5.97 Å². The molecule has 36 heavy (non-hydrogen) atoms. The Hall–Kier alpha value is -0.136. The van der Waals surface area contributed by atoms with E-state index in [0.29, 0.717) is 0 Å². The van der Waals surface area contributed by atoms with E-state index in [0.717, 1.165) is 31.6 Å². The van der Waals surface area contributed by atoms with Gasteiger partial charge in [-0.1, -0.05) is 132 Å². The average molecular weight is 541 g/mol. The van der Waals surface area contributed by atoms with Crippen LogP contribution in [0.1, 0.15) is 131 Å². The van der Waals surface area contributed by atoms with Gasteiger partial charge in [0.2, 0.25) is 0 Å². The van der Waals surface area contributed by atoms with Crippen LogP contribution in [0, 0.1) is 5.92 Å². The summed E-state index contributed by atoms with van der Waals surface area (Å²) in [5.41, 5.74) is 0. The van der Waals surface area contributed by atoms with Crippen LogP contribution in [0.25, 0.3) is 0 Å². The summed E-state index contributed by atoms with van der Waals surface area (Å²) >= 11 is 0. The van der Waals surface area contributed by atoms with Gasteiger partial charge in [0.15, 0.2) is 8.32 Å². The van der Waals surface area contributed by atoms with Gasteiger partial charge in [-0.3, -0.25) is 4.79 Å². The number of esters is 1. The Labute approximate surface area is 228 Å². The van der Waals surface area contributed by atoms with Crippen molar-refractivity contribution in [1.29, 1.82) is 0 Å². The average Bonchev–Trinajstić information content (AvgIpc) is 2.72. The van der Waals surface area contributed by atoms with Crippen LogP contribution in [0.3, 0.4) is 0 Å². The van der Waals surface area contributed by atoms with Crippen LogP contribution in [-0.2, 0) is 14.0 Å². The lowest BCUT2D eigenvalue weighted by molar-refractivity contribution is -0.186. The van der Waals surface area contributed by atoms with E-state index in [9.17, 15) is 4.79 Å². The van der Waals surface area contributed by atoms with Crippen molar-refractivity contribution in [3.63, 3.8) is 0 Å². The number of hydrogen-bond donors (Lipinski definition) is 0. The van der Waals surface area contributed by atoms with Gasteiger partial charge in [-0.2, -0.15) is 0 Å². The number of cyclic esters (lactones) is 1. The predicted molar refractivity (Wildman–Crippen MR) is 163 cm³/mol. The van der Waals surface area contributed by atoms with E-state index in [2.05, 4.69) is 74.3 Å². The van der Waals surface area contributed by atoms with Crippen molar-refractivity contribution in [2.45, 2.75) is 186 Å². The van der Waals surface area contributed by atoms with Gasteiger partial charge < -0.3 is 9.16 Å². The Balaban J connectivity index is 2.88. The normalized spacial score (nSPS) is 22.0. The highest BCUT2D eigenvalue weighted by Gasteiger charge is 2.64. The number of ether oxygens (including phenoxy) is 1. The number of carbonyl (C=O) groups excluding carboxylic acids is 1. The van der Waals surface area contributed by atoms with E-state index in [1.165, 1.54) is 64.2 Å². The fourth-order valence-corrected chi connectivity index (χ4v) is 9.75. The SMILES string of the molecule is CCCCCCC[C@@H](C[C@@H]1OC(=O)[C@]1(CCCCCCCC(C)C)[Si](C)(C)C)O[Si](C)(C)C(C)(C)C. The number of rotatable bonds is 19. The van der Waals surface area contributed by atoms with Gasteiger partial charge in [0.05, 0.1) is 13.1 Å². The summed E-state index contributed by atoms with van der Waals surface area (Å²) in [5, 5.41) is -0.0443. The van der Waals surface area contributed by atoms with Gasteiger partial charge in [0.1, 0.15) is 6.10 Å². The molecule has 1 heterocycles. The van der Waals surface area contributed by atoms with Crippen molar-refractivity contribution in [3.8, 4) is 0 Å². The first-order valence-electron chi connectivity index (χ1n) is 15.5. The van der Waals surface area contributed by atoms with E-state index in [1.54, 1.807) is 0 Å². The van der Waals surface area contributed by atoms with Crippen LogP contribution in [0.15, 0.2) is 0 Å². The van der Waals surface area contributed by atoms with Crippen molar-refractivity contribution >= 4 is 22.4 Å². The molecule has 1 saturated heterocycles. The molecular formula is C31H64O3Si2. The lowest BCUT2D eigenvalue weighted by Gasteiger charge is -2.55. The molecule has 0 aromatic heterocycles. The molecule has 5 heteroatoms. The monoisotopic (exact) mass is 540 g/mol. The second-order valence-corrected chi connectivity index (χ2v) is 24.9. The van der Waals surface area contributed by atoms with Gasteiger partial charge in [-0.25, -0.2) is 0 Å². The van der Waals surface area contributed by atoms with Crippen molar-refractivity contribution in [2.24, 2.45) is 5.92 Å². The van der Waals surface area contributed by atoms with Gasteiger partial charge in [-0.15, -0.1) is 0 Å². The standard InChI is InChI=1S/C31H64O3Si2/c1-12-13-14-16-20-23-27(34-36(10,11)30(4,5)6)25-28-31(29(32)33-28,35(7,8)9)24-21-18-15-17-19-22-26(2)3/h26-28H,12-25H2,1-11H3/t27-,28-,31+/m0/s1. The minimum atomic E-state index is -1.89. The van der Waals surface area contributed by atoms with E-state index in [4.69, 9.17) is 9.16 Å². The first-order chi connectivity index (χ1) is 16.6. The van der Waals surface area contributed by atoms with Crippen LogP contribution in [0.5, 0.6) is 0 Å². The maximum absolute atomic E-state index is 13.2. The first-order valence-corrected chi connectivity index (χ1v) is 21.9. The summed E-state index contributed by atoms with van der Waals surface area (Å²) in [6, 6.07) is 0. The molecule has 3 atom stereocenters. The lowest BCUT2D eigenvalue weighted by Crippen LogP contribution is -2.63. The largest absolute Gasteiger partial charge is 0.461 e. The Morgan fingerprint density at radius 1 is 0.861 bits per heavy atom. The molecule has 1 rings (SSSR count). The van der Waals surface area contributed by atoms with E-state index >= 15 is 0 Å². The minimum absolute atomic E-state index is 0.0445. The molecule has 0 spiro atoms. The van der Waals surface area contributed by atoms with Crippen LogP contribution in [0.2, 0.25) is 42.8 Å². The smallest absolute Gasteiger partial charge is 0.313 e. The molecule has 1 fully saturated rings. The zero-order valence-electron chi connectivity index (χ0n) is 26.4. The molecule has 0 aromatic carbocycles. The van der Waals surface area contributed by atoms with Gasteiger partial charge in [0, 0.05) is 12.5 Å². The summed E-state index contributed by atoms with van der Waals surface area (Å²) in [7, 11) is -3.66. The number of hydrogen-bond acceptors (Lipinski definition) is 3. The Morgan fingerprint density at radius 3 is 1.89 bits per heavy atom. The predicted octanol–water partition coefficient (Wildman–Crippen LogP) is 10.5. The van der Waals surface area contributed by atoms with Gasteiger partial charge in [-0.05, 0) is 36.9 Å². The van der Waals surface area contributed by atoms with Crippen LogP contribution in [0.4, 0.5) is 0 Å². The third-order valence-electron chi connectivity index (χ3n) is 9.23.